The molecule has 246 valence electrons. The second-order valence-corrected chi connectivity index (χ2v) is 13.3. The highest BCUT2D eigenvalue weighted by Gasteiger charge is 2.49. The fourth-order valence-electron chi connectivity index (χ4n) is 8.58. The number of hydrogen-bond acceptors (Lipinski definition) is 4. The normalized spacial score (nSPS) is 13.9. The minimum atomic E-state index is -1.04. The van der Waals surface area contributed by atoms with Crippen molar-refractivity contribution in [2.45, 2.75) is 0 Å². The molecule has 4 aliphatic heterocycles. The number of benzene rings is 7. The highest BCUT2D eigenvalue weighted by Crippen LogP contribution is 2.47. The van der Waals surface area contributed by atoms with Crippen molar-refractivity contribution in [2.75, 3.05) is 9.80 Å². The Bertz CT molecular complexity index is 2500. The highest BCUT2D eigenvalue weighted by atomic mass is 19.2. The van der Waals surface area contributed by atoms with Crippen molar-refractivity contribution in [3.63, 3.8) is 0 Å². The molecule has 0 aromatic heterocycles. The molecule has 0 bridgehead atoms. The van der Waals surface area contributed by atoms with E-state index in [1.54, 1.807) is 9.80 Å². The molecule has 0 saturated carbocycles. The van der Waals surface area contributed by atoms with E-state index >= 15 is 17.6 Å². The fraction of sp³-hybridized carbons (Fsp3) is 0. The van der Waals surface area contributed by atoms with E-state index in [2.05, 4.69) is 6.07 Å². The van der Waals surface area contributed by atoms with Crippen molar-refractivity contribution in [1.82, 2.24) is 0 Å². The molecule has 0 fully saturated rings. The van der Waals surface area contributed by atoms with Gasteiger partial charge in [0, 0.05) is 45.8 Å². The van der Waals surface area contributed by atoms with Crippen molar-refractivity contribution in [2.24, 2.45) is 0 Å². The summed E-state index contributed by atoms with van der Waals surface area (Å²) in [6.45, 7) is -1.09. The van der Waals surface area contributed by atoms with Gasteiger partial charge in [-0.1, -0.05) is 78.9 Å². The first-order valence-electron chi connectivity index (χ1n) is 16.9. The highest BCUT2D eigenvalue weighted by molar-refractivity contribution is 7.02. The summed E-state index contributed by atoms with van der Waals surface area (Å²) in [4.78, 5) is 3.43. The summed E-state index contributed by atoms with van der Waals surface area (Å²) in [6.07, 6.45) is 0. The molecule has 0 N–H and O–H groups in total. The van der Waals surface area contributed by atoms with Crippen LogP contribution in [0.2, 0.25) is 0 Å². The molecule has 4 nitrogen and oxygen atoms in total. The van der Waals surface area contributed by atoms with E-state index in [0.717, 1.165) is 34.0 Å². The fourth-order valence-corrected chi connectivity index (χ4v) is 8.58. The van der Waals surface area contributed by atoms with Crippen LogP contribution in [0.4, 0.5) is 51.7 Å². The predicted molar refractivity (Wildman–Crippen MR) is 198 cm³/mol. The topological polar surface area (TPSA) is 24.9 Å². The zero-order valence-electron chi connectivity index (χ0n) is 27.1. The second kappa shape index (κ2) is 10.6. The minimum absolute atomic E-state index is 0.0338. The summed E-state index contributed by atoms with van der Waals surface area (Å²) in [5, 5.41) is 0. The van der Waals surface area contributed by atoms with E-state index in [-0.39, 0.29) is 22.9 Å². The maximum atomic E-state index is 16.5. The summed E-state index contributed by atoms with van der Waals surface area (Å²) in [5.74, 6) is -2.57. The van der Waals surface area contributed by atoms with Gasteiger partial charge in [0.1, 0.15) is 23.0 Å². The number of halogens is 4. The van der Waals surface area contributed by atoms with Gasteiger partial charge in [-0.25, -0.2) is 17.6 Å². The quantitative estimate of drug-likeness (QED) is 0.144. The number of hydrogen-bond donors (Lipinski definition) is 0. The first-order valence-corrected chi connectivity index (χ1v) is 16.9. The van der Waals surface area contributed by atoms with E-state index < -0.39 is 36.7 Å². The van der Waals surface area contributed by atoms with E-state index in [9.17, 15) is 0 Å². The molecule has 4 aliphatic rings. The smallest absolute Gasteiger partial charge is 0.256 e. The molecule has 7 aromatic rings. The zero-order chi connectivity index (χ0) is 34.8. The van der Waals surface area contributed by atoms with Crippen LogP contribution in [0.25, 0.3) is 0 Å². The number of fused-ring (bicyclic) bond motifs is 8. The van der Waals surface area contributed by atoms with Gasteiger partial charge in [0.05, 0.1) is 11.4 Å². The predicted octanol–water partition coefficient (Wildman–Crippen LogP) is 7.05. The Hall–Kier alpha value is -6.41. The first-order chi connectivity index (χ1) is 25.5. The summed E-state index contributed by atoms with van der Waals surface area (Å²) >= 11 is 0. The average molecular weight is 684 g/mol. The number of para-hydroxylation sites is 4. The van der Waals surface area contributed by atoms with Crippen LogP contribution in [0.1, 0.15) is 0 Å². The van der Waals surface area contributed by atoms with Crippen LogP contribution in [-0.2, 0) is 0 Å². The first kappa shape index (κ1) is 29.3. The molecule has 52 heavy (non-hydrogen) atoms. The molecular weight excluding hydrogens is 662 g/mol. The lowest BCUT2D eigenvalue weighted by atomic mass is 9.31. The van der Waals surface area contributed by atoms with E-state index in [4.69, 9.17) is 9.47 Å². The number of ether oxygens (including phenoxy) is 2. The van der Waals surface area contributed by atoms with Gasteiger partial charge in [0.2, 0.25) is 0 Å². The summed E-state index contributed by atoms with van der Waals surface area (Å²) < 4.78 is 76.9. The van der Waals surface area contributed by atoms with Crippen LogP contribution >= 0.6 is 0 Å². The Morgan fingerprint density at radius 1 is 0.404 bits per heavy atom. The molecule has 0 amide bonds. The lowest BCUT2D eigenvalue weighted by Gasteiger charge is -2.44. The van der Waals surface area contributed by atoms with Crippen LogP contribution in [0.15, 0.2) is 133 Å². The van der Waals surface area contributed by atoms with Gasteiger partial charge in [-0.3, -0.25) is 0 Å². The van der Waals surface area contributed by atoms with Gasteiger partial charge in [-0.15, -0.1) is 0 Å². The van der Waals surface area contributed by atoms with Crippen molar-refractivity contribution >= 4 is 80.3 Å². The molecule has 4 heterocycles. The van der Waals surface area contributed by atoms with Gasteiger partial charge < -0.3 is 19.3 Å². The molecular formula is C42H22B2F4N2O2. The van der Waals surface area contributed by atoms with Crippen molar-refractivity contribution in [3.05, 3.63) is 157 Å². The minimum Gasteiger partial charge on any atom is -0.458 e. The largest absolute Gasteiger partial charge is 0.458 e. The molecule has 0 radical (unpaired) electrons. The number of anilines is 6. The molecule has 11 rings (SSSR count). The third-order valence-corrected chi connectivity index (χ3v) is 10.6. The maximum Gasteiger partial charge on any atom is 0.256 e. The summed E-state index contributed by atoms with van der Waals surface area (Å²) in [7, 11) is 0. The summed E-state index contributed by atoms with van der Waals surface area (Å²) in [6, 6.07) is 39.7. The van der Waals surface area contributed by atoms with Crippen LogP contribution in [0.3, 0.4) is 0 Å². The Labute approximate surface area is 296 Å². The molecule has 0 spiro atoms. The van der Waals surface area contributed by atoms with E-state index in [1.165, 1.54) is 0 Å². The van der Waals surface area contributed by atoms with Gasteiger partial charge >= 0.3 is 0 Å². The summed E-state index contributed by atoms with van der Waals surface area (Å²) in [5.41, 5.74) is 6.63. The van der Waals surface area contributed by atoms with Crippen LogP contribution in [0.5, 0.6) is 23.0 Å². The monoisotopic (exact) mass is 684 g/mol. The van der Waals surface area contributed by atoms with E-state index in [1.807, 2.05) is 115 Å². The molecule has 0 saturated heterocycles. The lowest BCUT2D eigenvalue weighted by molar-refractivity contribution is 0.466. The third kappa shape index (κ3) is 3.83. The third-order valence-electron chi connectivity index (χ3n) is 10.6. The van der Waals surface area contributed by atoms with Crippen LogP contribution < -0.4 is 52.1 Å². The molecule has 10 heteroatoms. The molecule has 0 unspecified atom stereocenters. The second-order valence-electron chi connectivity index (χ2n) is 13.3. The number of rotatable bonds is 2. The zero-order valence-corrected chi connectivity index (χ0v) is 27.1. The number of nitrogens with zero attached hydrogens (tertiary/aromatic N) is 2. The van der Waals surface area contributed by atoms with Crippen molar-refractivity contribution in [3.8, 4) is 23.0 Å². The van der Waals surface area contributed by atoms with Crippen molar-refractivity contribution < 1.29 is 27.0 Å². The van der Waals surface area contributed by atoms with E-state index in [0.29, 0.717) is 45.2 Å². The van der Waals surface area contributed by atoms with Crippen LogP contribution in [-0.4, -0.2) is 13.4 Å². The van der Waals surface area contributed by atoms with Crippen LogP contribution in [0, 0.1) is 23.3 Å². The van der Waals surface area contributed by atoms with Gasteiger partial charge in [0.25, 0.3) is 13.4 Å². The Morgan fingerprint density at radius 2 is 0.808 bits per heavy atom. The van der Waals surface area contributed by atoms with Gasteiger partial charge in [0.15, 0.2) is 23.3 Å². The lowest BCUT2D eigenvalue weighted by Crippen LogP contribution is -2.64. The molecule has 7 aromatic carbocycles. The van der Waals surface area contributed by atoms with Gasteiger partial charge in [-0.05, 0) is 64.3 Å². The Kier molecular flexibility index (Phi) is 5.95. The standard InChI is InChI=1S/C42H22B2F4N2O2/c45-29-20-35-37-41(39(29)47)49(23-11-3-1-4-12-23)31-22-32-28(19-27(31)43(37)25-15-7-9-17-33(25)51-35)44-26-16-8-10-18-34(26)52-36-21-30(46)40(48)42(38(36)44)50(32)24-13-5-2-6-14-24/h1-22H. The van der Waals surface area contributed by atoms with Crippen molar-refractivity contribution in [1.29, 1.82) is 0 Å². The SMILES string of the molecule is Fc1cc2c3c(c1F)N(c1ccccc1)c1cc4c(cc1B3c1ccccc1O2)B1c2ccccc2Oc2cc(F)c(F)c(c21)N4c1ccccc1. The Morgan fingerprint density at radius 3 is 1.25 bits per heavy atom. The average Bonchev–Trinajstić information content (AvgIpc) is 3.18. The molecule has 0 atom stereocenters. The molecule has 0 aliphatic carbocycles. The van der Waals surface area contributed by atoms with Gasteiger partial charge in [-0.2, -0.15) is 0 Å². The maximum absolute atomic E-state index is 16.5. The Balaban J connectivity index is 1.30.